The van der Waals surface area contributed by atoms with Gasteiger partial charge in [0.15, 0.2) is 0 Å². The third-order valence-electron chi connectivity index (χ3n) is 3.88. The molecule has 0 aliphatic rings. The third kappa shape index (κ3) is 3.33. The normalized spacial score (nSPS) is 10.4. The molecule has 1 heterocycles. The molecule has 2 aromatic carbocycles. The zero-order chi connectivity index (χ0) is 17.8. The van der Waals surface area contributed by atoms with Gasteiger partial charge in [0, 0.05) is 11.1 Å². The summed E-state index contributed by atoms with van der Waals surface area (Å²) in [5.41, 5.74) is 3.32. The van der Waals surface area contributed by atoms with Crippen molar-refractivity contribution < 1.29 is 14.3 Å². The monoisotopic (exact) mass is 337 g/mol. The van der Waals surface area contributed by atoms with Gasteiger partial charge >= 0.3 is 0 Å². The molecule has 6 nitrogen and oxygen atoms in total. The van der Waals surface area contributed by atoms with Gasteiger partial charge in [-0.2, -0.15) is 5.10 Å². The van der Waals surface area contributed by atoms with Crippen LogP contribution in [0, 0.1) is 6.92 Å². The molecule has 1 aromatic heterocycles. The summed E-state index contributed by atoms with van der Waals surface area (Å²) < 4.78 is 10.6. The molecule has 0 saturated carbocycles. The molecule has 0 aliphatic carbocycles. The molecule has 3 rings (SSSR count). The van der Waals surface area contributed by atoms with Crippen molar-refractivity contribution in [3.05, 3.63) is 59.8 Å². The number of rotatable bonds is 5. The average Bonchev–Trinajstić information content (AvgIpc) is 3.02. The molecule has 0 unspecified atom stereocenters. The minimum absolute atomic E-state index is 0.237. The summed E-state index contributed by atoms with van der Waals surface area (Å²) in [5, 5.41) is 10.2. The van der Waals surface area contributed by atoms with Gasteiger partial charge in [-0.3, -0.25) is 9.89 Å². The number of amides is 1. The first-order valence-corrected chi connectivity index (χ1v) is 7.77. The SMILES string of the molecule is COc1cccc(C(=O)Nc2c(-c3ccccc3OC)n[nH]c2C)c1. The highest BCUT2D eigenvalue weighted by Gasteiger charge is 2.18. The van der Waals surface area contributed by atoms with Gasteiger partial charge in [-0.15, -0.1) is 0 Å². The fraction of sp³-hybridized carbons (Fsp3) is 0.158. The summed E-state index contributed by atoms with van der Waals surface area (Å²) in [7, 11) is 3.17. The van der Waals surface area contributed by atoms with Crippen molar-refractivity contribution in [2.75, 3.05) is 19.5 Å². The molecule has 0 aliphatic heterocycles. The molecule has 6 heteroatoms. The standard InChI is InChI=1S/C19H19N3O3/c1-12-17(20-19(23)13-7-6-8-14(11-13)24-2)18(22-21-12)15-9-4-5-10-16(15)25-3/h4-11H,1-3H3,(H,20,23)(H,21,22). The summed E-state index contributed by atoms with van der Waals surface area (Å²) >= 11 is 0. The average molecular weight is 337 g/mol. The lowest BCUT2D eigenvalue weighted by Gasteiger charge is -2.10. The van der Waals surface area contributed by atoms with Crippen LogP contribution in [0.1, 0.15) is 16.1 Å². The van der Waals surface area contributed by atoms with Crippen molar-refractivity contribution in [1.29, 1.82) is 0 Å². The fourth-order valence-electron chi connectivity index (χ4n) is 2.57. The number of hydrogen-bond acceptors (Lipinski definition) is 4. The van der Waals surface area contributed by atoms with Gasteiger partial charge < -0.3 is 14.8 Å². The van der Waals surface area contributed by atoms with Crippen LogP contribution in [0.3, 0.4) is 0 Å². The largest absolute Gasteiger partial charge is 0.497 e. The number of H-pyrrole nitrogens is 1. The van der Waals surface area contributed by atoms with E-state index in [0.717, 1.165) is 11.3 Å². The summed E-state index contributed by atoms with van der Waals surface area (Å²) in [6.45, 7) is 1.85. The topological polar surface area (TPSA) is 76.2 Å². The number of ether oxygens (including phenoxy) is 2. The number of nitrogens with zero attached hydrogens (tertiary/aromatic N) is 1. The Morgan fingerprint density at radius 1 is 1.08 bits per heavy atom. The number of anilines is 1. The van der Waals surface area contributed by atoms with E-state index < -0.39 is 0 Å². The minimum Gasteiger partial charge on any atom is -0.497 e. The van der Waals surface area contributed by atoms with Crippen molar-refractivity contribution in [3.8, 4) is 22.8 Å². The van der Waals surface area contributed by atoms with E-state index in [1.54, 1.807) is 38.5 Å². The number of aromatic amines is 1. The summed E-state index contributed by atoms with van der Waals surface area (Å²) in [5.74, 6) is 1.08. The molecule has 25 heavy (non-hydrogen) atoms. The summed E-state index contributed by atoms with van der Waals surface area (Å²) in [4.78, 5) is 12.6. The Hall–Kier alpha value is -3.28. The smallest absolute Gasteiger partial charge is 0.255 e. The van der Waals surface area contributed by atoms with Crippen LogP contribution >= 0.6 is 0 Å². The number of carbonyl (C=O) groups excluding carboxylic acids is 1. The first kappa shape index (κ1) is 16.6. The van der Waals surface area contributed by atoms with E-state index in [-0.39, 0.29) is 5.91 Å². The Morgan fingerprint density at radius 2 is 1.88 bits per heavy atom. The molecule has 0 fully saturated rings. The summed E-state index contributed by atoms with van der Waals surface area (Å²) in [6, 6.07) is 14.5. The Morgan fingerprint density at radius 3 is 2.64 bits per heavy atom. The second-order valence-electron chi connectivity index (χ2n) is 5.46. The maximum atomic E-state index is 12.6. The number of benzene rings is 2. The lowest BCUT2D eigenvalue weighted by atomic mass is 10.1. The van der Waals surface area contributed by atoms with E-state index in [1.165, 1.54) is 0 Å². The predicted octanol–water partition coefficient (Wildman–Crippen LogP) is 3.65. The van der Waals surface area contributed by atoms with Crippen molar-refractivity contribution in [1.82, 2.24) is 10.2 Å². The number of hydrogen-bond donors (Lipinski definition) is 2. The molecule has 0 atom stereocenters. The minimum atomic E-state index is -0.237. The second-order valence-corrected chi connectivity index (χ2v) is 5.46. The fourth-order valence-corrected chi connectivity index (χ4v) is 2.57. The lowest BCUT2D eigenvalue weighted by molar-refractivity contribution is 0.102. The molecule has 0 radical (unpaired) electrons. The number of carbonyl (C=O) groups is 1. The van der Waals surface area contributed by atoms with Crippen LogP contribution in [0.4, 0.5) is 5.69 Å². The molecule has 0 saturated heterocycles. The van der Waals surface area contributed by atoms with Crippen LogP contribution in [0.15, 0.2) is 48.5 Å². The van der Waals surface area contributed by atoms with Crippen LogP contribution < -0.4 is 14.8 Å². The van der Waals surface area contributed by atoms with Crippen LogP contribution in [-0.2, 0) is 0 Å². The van der Waals surface area contributed by atoms with Gasteiger partial charge in [0.1, 0.15) is 17.2 Å². The number of aryl methyl sites for hydroxylation is 1. The molecular weight excluding hydrogens is 318 g/mol. The first-order valence-electron chi connectivity index (χ1n) is 7.77. The van der Waals surface area contributed by atoms with Crippen molar-refractivity contribution in [2.45, 2.75) is 6.92 Å². The van der Waals surface area contributed by atoms with E-state index in [9.17, 15) is 4.79 Å². The number of para-hydroxylation sites is 1. The van der Waals surface area contributed by atoms with E-state index in [2.05, 4.69) is 15.5 Å². The van der Waals surface area contributed by atoms with E-state index in [0.29, 0.717) is 28.4 Å². The summed E-state index contributed by atoms with van der Waals surface area (Å²) in [6.07, 6.45) is 0. The molecule has 0 spiro atoms. The molecule has 0 bridgehead atoms. The number of aromatic nitrogens is 2. The van der Waals surface area contributed by atoms with Gasteiger partial charge in [-0.05, 0) is 37.3 Å². The van der Waals surface area contributed by atoms with Gasteiger partial charge in [0.25, 0.3) is 5.91 Å². The number of nitrogens with one attached hydrogen (secondary N) is 2. The highest BCUT2D eigenvalue weighted by molar-refractivity contribution is 6.06. The zero-order valence-electron chi connectivity index (χ0n) is 14.3. The van der Waals surface area contributed by atoms with Crippen molar-refractivity contribution in [3.63, 3.8) is 0 Å². The Kier molecular flexibility index (Phi) is 4.70. The van der Waals surface area contributed by atoms with Crippen molar-refractivity contribution >= 4 is 11.6 Å². The number of methoxy groups -OCH3 is 2. The quantitative estimate of drug-likeness (QED) is 0.745. The maximum Gasteiger partial charge on any atom is 0.255 e. The van der Waals surface area contributed by atoms with Gasteiger partial charge in [0.05, 0.1) is 25.6 Å². The maximum absolute atomic E-state index is 12.6. The molecule has 128 valence electrons. The van der Waals surface area contributed by atoms with Gasteiger partial charge in [-0.1, -0.05) is 18.2 Å². The van der Waals surface area contributed by atoms with Crippen LogP contribution in [0.2, 0.25) is 0 Å². The second kappa shape index (κ2) is 7.09. The van der Waals surface area contributed by atoms with Gasteiger partial charge in [-0.25, -0.2) is 0 Å². The van der Waals surface area contributed by atoms with E-state index >= 15 is 0 Å². The van der Waals surface area contributed by atoms with E-state index in [4.69, 9.17) is 9.47 Å². The first-order chi connectivity index (χ1) is 12.1. The lowest BCUT2D eigenvalue weighted by Crippen LogP contribution is -2.13. The molecule has 2 N–H and O–H groups in total. The van der Waals surface area contributed by atoms with Crippen LogP contribution in [-0.4, -0.2) is 30.3 Å². The van der Waals surface area contributed by atoms with E-state index in [1.807, 2.05) is 31.2 Å². The Balaban J connectivity index is 1.96. The Bertz CT molecular complexity index is 902. The molecular formula is C19H19N3O3. The highest BCUT2D eigenvalue weighted by atomic mass is 16.5. The third-order valence-corrected chi connectivity index (χ3v) is 3.88. The molecule has 1 amide bonds. The highest BCUT2D eigenvalue weighted by Crippen LogP contribution is 2.35. The van der Waals surface area contributed by atoms with Crippen LogP contribution in [0.5, 0.6) is 11.5 Å². The predicted molar refractivity (Wildman–Crippen MR) is 96.3 cm³/mol. The zero-order valence-corrected chi connectivity index (χ0v) is 14.3. The molecule has 3 aromatic rings. The van der Waals surface area contributed by atoms with Crippen molar-refractivity contribution in [2.24, 2.45) is 0 Å². The van der Waals surface area contributed by atoms with Gasteiger partial charge in [0.2, 0.25) is 0 Å². The Labute approximate surface area is 145 Å². The van der Waals surface area contributed by atoms with Crippen LogP contribution in [0.25, 0.3) is 11.3 Å².